The van der Waals surface area contributed by atoms with E-state index in [1.165, 1.54) is 27.5 Å². The number of methoxy groups -OCH3 is 3. The highest BCUT2D eigenvalue weighted by molar-refractivity contribution is 6.00. The van der Waals surface area contributed by atoms with Crippen molar-refractivity contribution in [1.82, 2.24) is 19.7 Å². The topological polar surface area (TPSA) is 100 Å². The first-order valence-corrected chi connectivity index (χ1v) is 11.0. The average molecular weight is 501 g/mol. The first-order chi connectivity index (χ1) is 17.2. The number of hydrogen-bond acceptors (Lipinski definition) is 8. The monoisotopic (exact) mass is 501 g/mol. The quantitative estimate of drug-likeness (QED) is 0.557. The van der Waals surface area contributed by atoms with Crippen molar-refractivity contribution in [3.8, 4) is 17.2 Å². The molecule has 0 radical (unpaired) electrons. The molecule has 1 aliphatic carbocycles. The first-order valence-electron chi connectivity index (χ1n) is 11.0. The van der Waals surface area contributed by atoms with Gasteiger partial charge >= 0.3 is 6.18 Å². The number of Topliss-reactive ketones (excluding diaryl/α,β-unsaturated/α-hetero) is 1. The number of halogens is 3. The summed E-state index contributed by atoms with van der Waals surface area (Å²) in [4.78, 5) is 21.5. The third kappa shape index (κ3) is 3.91. The summed E-state index contributed by atoms with van der Waals surface area (Å²) in [6, 6.07) is 7.65. The molecular formula is C24H22F3N5O4. The van der Waals surface area contributed by atoms with E-state index in [1.54, 1.807) is 30.3 Å². The molecule has 1 N–H and O–H groups in total. The van der Waals surface area contributed by atoms with Crippen LogP contribution in [0.4, 0.5) is 19.1 Å². The second kappa shape index (κ2) is 8.85. The Kier molecular flexibility index (Phi) is 5.81. The zero-order valence-electron chi connectivity index (χ0n) is 19.6. The Morgan fingerprint density at radius 3 is 2.36 bits per heavy atom. The third-order valence-corrected chi connectivity index (χ3v) is 6.30. The van der Waals surface area contributed by atoms with Crippen LogP contribution in [0, 0.1) is 0 Å². The van der Waals surface area contributed by atoms with Gasteiger partial charge in [0.15, 0.2) is 17.3 Å². The van der Waals surface area contributed by atoms with Crippen molar-refractivity contribution in [3.63, 3.8) is 0 Å². The number of nitrogens with zero attached hydrogens (tertiary/aromatic N) is 4. The fourth-order valence-corrected chi connectivity index (χ4v) is 4.72. The minimum atomic E-state index is -4.75. The van der Waals surface area contributed by atoms with E-state index in [1.807, 2.05) is 0 Å². The third-order valence-electron chi connectivity index (χ3n) is 6.30. The van der Waals surface area contributed by atoms with Gasteiger partial charge in [0, 0.05) is 23.9 Å². The van der Waals surface area contributed by atoms with Crippen molar-refractivity contribution in [2.24, 2.45) is 0 Å². The van der Waals surface area contributed by atoms with Gasteiger partial charge < -0.3 is 19.5 Å². The Labute approximate surface area is 203 Å². The maximum absolute atomic E-state index is 13.5. The van der Waals surface area contributed by atoms with Crippen LogP contribution in [0.15, 0.2) is 47.8 Å². The summed E-state index contributed by atoms with van der Waals surface area (Å²) in [5.41, 5.74) is 1.97. The van der Waals surface area contributed by atoms with E-state index in [0.29, 0.717) is 40.6 Å². The molecule has 5 rings (SSSR count). The van der Waals surface area contributed by atoms with E-state index in [-0.39, 0.29) is 24.1 Å². The number of benzene rings is 1. The second-order valence-corrected chi connectivity index (χ2v) is 8.36. The molecule has 0 unspecified atom stereocenters. The lowest BCUT2D eigenvalue weighted by Crippen LogP contribution is -2.34. The number of alkyl halides is 3. The molecule has 1 aromatic carbocycles. The molecule has 0 fully saturated rings. The molecule has 3 heterocycles. The highest BCUT2D eigenvalue weighted by Gasteiger charge is 2.44. The molecule has 9 nitrogen and oxygen atoms in total. The summed E-state index contributed by atoms with van der Waals surface area (Å²) in [6.07, 6.45) is -2.76. The highest BCUT2D eigenvalue weighted by atomic mass is 19.4. The zero-order valence-corrected chi connectivity index (χ0v) is 19.6. The summed E-state index contributed by atoms with van der Waals surface area (Å²) in [5.74, 6) is -0.612. The summed E-state index contributed by atoms with van der Waals surface area (Å²) in [5, 5.41) is 6.63. The van der Waals surface area contributed by atoms with Crippen molar-refractivity contribution < 1.29 is 32.2 Å². The van der Waals surface area contributed by atoms with Crippen molar-refractivity contribution in [2.75, 3.05) is 26.6 Å². The molecule has 3 aromatic rings. The molecule has 1 aliphatic heterocycles. The molecule has 0 spiro atoms. The maximum atomic E-state index is 13.5. The molecular weight excluding hydrogens is 479 g/mol. The van der Waals surface area contributed by atoms with Crippen molar-refractivity contribution >= 4 is 11.7 Å². The van der Waals surface area contributed by atoms with Gasteiger partial charge in [0.2, 0.25) is 11.7 Å². The lowest BCUT2D eigenvalue weighted by atomic mass is 9.78. The van der Waals surface area contributed by atoms with Crippen molar-refractivity contribution in [2.45, 2.75) is 31.0 Å². The Morgan fingerprint density at radius 2 is 1.78 bits per heavy atom. The van der Waals surface area contributed by atoms with Crippen LogP contribution in [0.1, 0.15) is 41.9 Å². The Morgan fingerprint density at radius 1 is 1.06 bits per heavy atom. The Bertz CT molecular complexity index is 1330. The molecule has 2 atom stereocenters. The lowest BCUT2D eigenvalue weighted by molar-refractivity contribution is -0.145. The van der Waals surface area contributed by atoms with Crippen molar-refractivity contribution in [3.05, 3.63) is 64.9 Å². The largest absolute Gasteiger partial charge is 0.493 e. The number of ketones is 1. The van der Waals surface area contributed by atoms with Crippen LogP contribution in [-0.2, 0) is 11.0 Å². The predicted molar refractivity (Wildman–Crippen MR) is 121 cm³/mol. The number of allylic oxidation sites excluding steroid dienone is 2. The predicted octanol–water partition coefficient (Wildman–Crippen LogP) is 4.13. The van der Waals surface area contributed by atoms with Crippen LogP contribution in [0.25, 0.3) is 0 Å². The Balaban J connectivity index is 1.60. The summed E-state index contributed by atoms with van der Waals surface area (Å²) < 4.78 is 57.7. The summed E-state index contributed by atoms with van der Waals surface area (Å²) in [7, 11) is 4.49. The average Bonchev–Trinajstić information content (AvgIpc) is 3.31. The molecule has 2 aromatic heterocycles. The number of anilines is 1. The maximum Gasteiger partial charge on any atom is 0.453 e. The van der Waals surface area contributed by atoms with Crippen LogP contribution >= 0.6 is 0 Å². The van der Waals surface area contributed by atoms with Crippen LogP contribution in [0.3, 0.4) is 0 Å². The second-order valence-electron chi connectivity index (χ2n) is 8.36. The van der Waals surface area contributed by atoms with Gasteiger partial charge in [0.05, 0.1) is 27.0 Å². The van der Waals surface area contributed by atoms with Crippen LogP contribution < -0.4 is 19.5 Å². The van der Waals surface area contributed by atoms with Gasteiger partial charge in [-0.15, -0.1) is 5.10 Å². The van der Waals surface area contributed by atoms with Gasteiger partial charge in [-0.1, -0.05) is 6.07 Å². The van der Waals surface area contributed by atoms with Gasteiger partial charge in [0.1, 0.15) is 6.04 Å². The molecule has 0 amide bonds. The summed E-state index contributed by atoms with van der Waals surface area (Å²) in [6.45, 7) is 0. The molecule has 12 heteroatoms. The highest BCUT2D eigenvalue weighted by Crippen LogP contribution is 2.47. The van der Waals surface area contributed by atoms with Gasteiger partial charge in [-0.25, -0.2) is 4.68 Å². The first kappa shape index (κ1) is 23.6. The standard InChI is InChI=1S/C24H22F3N5O4/c1-34-17-10-13(11-18(35-2)21(17)36-3)12-8-15-19(16(33)9-12)20(14-6-4-5-7-28-14)32-23(29-15)30-22(31-32)24(25,26)27/h4-7,10-12,20H,8-9H2,1-3H3,(H,29,30,31)/t12-,20+/m1/s1. The minimum Gasteiger partial charge on any atom is -0.493 e. The molecule has 0 saturated heterocycles. The molecule has 2 aliphatic rings. The number of ether oxygens (including phenoxy) is 3. The smallest absolute Gasteiger partial charge is 0.453 e. The SMILES string of the molecule is COc1cc([C@H]2CC(=O)C3=C(C2)Nc2nc(C(F)(F)F)nn2[C@H]3c2ccccn2)cc(OC)c1OC. The lowest BCUT2D eigenvalue weighted by Gasteiger charge is -2.34. The van der Waals surface area contributed by atoms with E-state index in [9.17, 15) is 18.0 Å². The molecule has 36 heavy (non-hydrogen) atoms. The number of fused-ring (bicyclic) bond motifs is 1. The van der Waals surface area contributed by atoms with E-state index >= 15 is 0 Å². The fourth-order valence-electron chi connectivity index (χ4n) is 4.72. The number of aromatic nitrogens is 4. The van der Waals surface area contributed by atoms with Crippen LogP contribution in [0.5, 0.6) is 17.2 Å². The van der Waals surface area contributed by atoms with E-state index < -0.39 is 18.0 Å². The fraction of sp³-hybridized carbons (Fsp3) is 0.333. The Hall–Kier alpha value is -4.09. The van der Waals surface area contributed by atoms with E-state index in [2.05, 4.69) is 20.4 Å². The minimum absolute atomic E-state index is 0.102. The van der Waals surface area contributed by atoms with Gasteiger partial charge in [-0.05, 0) is 42.2 Å². The van der Waals surface area contributed by atoms with Crippen molar-refractivity contribution in [1.29, 1.82) is 0 Å². The van der Waals surface area contributed by atoms with Crippen LogP contribution in [0.2, 0.25) is 0 Å². The number of rotatable bonds is 5. The number of carbonyl (C=O) groups is 1. The van der Waals surface area contributed by atoms with Gasteiger partial charge in [-0.3, -0.25) is 9.78 Å². The van der Waals surface area contributed by atoms with Gasteiger partial charge in [-0.2, -0.15) is 18.2 Å². The number of carbonyl (C=O) groups excluding carboxylic acids is 1. The number of nitrogens with one attached hydrogen (secondary N) is 1. The zero-order chi connectivity index (χ0) is 25.6. The summed E-state index contributed by atoms with van der Waals surface area (Å²) >= 11 is 0. The van der Waals surface area contributed by atoms with Crippen LogP contribution in [-0.4, -0.2) is 46.9 Å². The molecule has 0 saturated carbocycles. The molecule has 0 bridgehead atoms. The van der Waals surface area contributed by atoms with E-state index in [0.717, 1.165) is 10.2 Å². The molecule has 188 valence electrons. The number of pyridine rings is 1. The van der Waals surface area contributed by atoms with Gasteiger partial charge in [0.25, 0.3) is 5.82 Å². The van der Waals surface area contributed by atoms with E-state index in [4.69, 9.17) is 14.2 Å². The number of hydrogen-bond donors (Lipinski definition) is 1. The normalized spacial score (nSPS) is 19.3.